The zero-order valence-electron chi connectivity index (χ0n) is 16.5. The van der Waals surface area contributed by atoms with Gasteiger partial charge in [0.15, 0.2) is 6.54 Å². The number of amides is 1. The van der Waals surface area contributed by atoms with Crippen LogP contribution in [0.1, 0.15) is 35.6 Å². The van der Waals surface area contributed by atoms with E-state index in [1.54, 1.807) is 0 Å². The van der Waals surface area contributed by atoms with Gasteiger partial charge in [0.2, 0.25) is 0 Å². The number of fused-ring (bicyclic) bond motifs is 1. The van der Waals surface area contributed by atoms with Crippen molar-refractivity contribution in [3.63, 3.8) is 0 Å². The maximum atomic E-state index is 12.7. The minimum Gasteiger partial charge on any atom is -0.360 e. The number of rotatable bonds is 4. The van der Waals surface area contributed by atoms with Crippen molar-refractivity contribution in [2.24, 2.45) is 0 Å². The Balaban J connectivity index is 1.31. The van der Waals surface area contributed by atoms with E-state index >= 15 is 0 Å². The fraction of sp³-hybridized carbons (Fsp3) is 0.435. The third-order valence-electron chi connectivity index (χ3n) is 6.10. The number of carbonyl (C=O) groups excluding carboxylic acids is 1. The maximum absolute atomic E-state index is 12.7. The molecule has 2 N–H and O–H groups in total. The van der Waals surface area contributed by atoms with Gasteiger partial charge in [-0.3, -0.25) is 4.79 Å². The molecule has 28 heavy (non-hydrogen) atoms. The molecule has 0 spiro atoms. The SMILES string of the molecule is Cc1ccc(Cl)cc1N1CC[NH+](CC(=O)N[C@@H]2CCCc3ccccc32)CC1. The van der Waals surface area contributed by atoms with Gasteiger partial charge in [-0.15, -0.1) is 0 Å². The molecule has 5 heteroatoms. The van der Waals surface area contributed by atoms with Crippen molar-refractivity contribution < 1.29 is 9.69 Å². The van der Waals surface area contributed by atoms with E-state index < -0.39 is 0 Å². The van der Waals surface area contributed by atoms with Crippen LogP contribution in [0.25, 0.3) is 0 Å². The summed E-state index contributed by atoms with van der Waals surface area (Å²) in [5, 5.41) is 4.07. The Labute approximate surface area is 172 Å². The van der Waals surface area contributed by atoms with Gasteiger partial charge < -0.3 is 15.1 Å². The molecule has 1 fully saturated rings. The standard InChI is InChI=1S/C23H28ClN3O/c1-17-9-10-19(24)15-22(17)27-13-11-26(12-14-27)16-23(28)25-21-8-4-6-18-5-2-3-7-20(18)21/h2-3,5,7,9-10,15,21H,4,6,8,11-14,16H2,1H3,(H,25,28)/p+1/t21-/m1/s1. The number of nitrogens with zero attached hydrogens (tertiary/aromatic N) is 1. The Morgan fingerprint density at radius 2 is 2.00 bits per heavy atom. The monoisotopic (exact) mass is 398 g/mol. The van der Waals surface area contributed by atoms with Crippen molar-refractivity contribution in [1.82, 2.24) is 5.32 Å². The molecule has 2 aromatic carbocycles. The van der Waals surface area contributed by atoms with Gasteiger partial charge in [0.1, 0.15) is 0 Å². The fourth-order valence-corrected chi connectivity index (χ4v) is 4.71. The molecule has 2 aliphatic rings. The van der Waals surface area contributed by atoms with Crippen LogP contribution in [-0.4, -0.2) is 38.6 Å². The number of nitrogens with one attached hydrogen (secondary N) is 2. The minimum atomic E-state index is 0.170. The van der Waals surface area contributed by atoms with E-state index in [9.17, 15) is 4.79 Å². The number of piperazine rings is 1. The zero-order chi connectivity index (χ0) is 19.5. The highest BCUT2D eigenvalue weighted by Gasteiger charge is 2.26. The lowest BCUT2D eigenvalue weighted by molar-refractivity contribution is -0.892. The van der Waals surface area contributed by atoms with Crippen molar-refractivity contribution in [2.75, 3.05) is 37.6 Å². The Morgan fingerprint density at radius 3 is 2.82 bits per heavy atom. The summed E-state index contributed by atoms with van der Waals surface area (Å²) in [4.78, 5) is 16.4. The van der Waals surface area contributed by atoms with Crippen molar-refractivity contribution in [3.05, 3.63) is 64.2 Å². The molecule has 1 saturated heterocycles. The highest BCUT2D eigenvalue weighted by Crippen LogP contribution is 2.29. The van der Waals surface area contributed by atoms with Crippen molar-refractivity contribution >= 4 is 23.2 Å². The summed E-state index contributed by atoms with van der Waals surface area (Å²) in [5.74, 6) is 0.170. The molecule has 0 unspecified atom stereocenters. The second-order valence-corrected chi connectivity index (χ2v) is 8.49. The topological polar surface area (TPSA) is 36.8 Å². The lowest BCUT2D eigenvalue weighted by Gasteiger charge is -2.34. The molecule has 1 amide bonds. The van der Waals surface area contributed by atoms with Gasteiger partial charge in [-0.2, -0.15) is 0 Å². The van der Waals surface area contributed by atoms with Crippen molar-refractivity contribution in [3.8, 4) is 0 Å². The molecule has 0 bridgehead atoms. The molecule has 0 saturated carbocycles. The summed E-state index contributed by atoms with van der Waals surface area (Å²) in [6.45, 7) is 6.54. The first-order chi connectivity index (χ1) is 13.6. The van der Waals surface area contributed by atoms with Crippen LogP contribution in [0, 0.1) is 6.92 Å². The number of benzene rings is 2. The number of halogens is 1. The summed E-state index contributed by atoms with van der Waals surface area (Å²) in [7, 11) is 0. The Bertz CT molecular complexity index is 845. The summed E-state index contributed by atoms with van der Waals surface area (Å²) in [6, 6.07) is 14.8. The van der Waals surface area contributed by atoms with Gasteiger partial charge in [0.25, 0.3) is 5.91 Å². The van der Waals surface area contributed by atoms with E-state index in [2.05, 4.69) is 53.5 Å². The average Bonchev–Trinajstić information content (AvgIpc) is 2.71. The smallest absolute Gasteiger partial charge is 0.275 e. The summed E-state index contributed by atoms with van der Waals surface area (Å²) < 4.78 is 0. The van der Waals surface area contributed by atoms with Crippen LogP contribution >= 0.6 is 11.6 Å². The molecular formula is C23H29ClN3O+. The van der Waals surface area contributed by atoms with Crippen LogP contribution < -0.4 is 15.1 Å². The van der Waals surface area contributed by atoms with Crippen LogP contribution in [0.15, 0.2) is 42.5 Å². The van der Waals surface area contributed by atoms with Gasteiger partial charge in [0, 0.05) is 10.7 Å². The third kappa shape index (κ3) is 4.34. The molecule has 0 aromatic heterocycles. The Kier molecular flexibility index (Phi) is 5.88. The molecule has 1 atom stereocenters. The molecular weight excluding hydrogens is 370 g/mol. The molecule has 1 aliphatic carbocycles. The zero-order valence-corrected chi connectivity index (χ0v) is 17.3. The normalized spacial score (nSPS) is 19.9. The van der Waals surface area contributed by atoms with Crippen molar-refractivity contribution in [1.29, 1.82) is 0 Å². The molecule has 0 radical (unpaired) electrons. The molecule has 1 heterocycles. The first-order valence-electron chi connectivity index (χ1n) is 10.3. The van der Waals surface area contributed by atoms with Gasteiger partial charge in [-0.05, 0) is 55.0 Å². The van der Waals surface area contributed by atoms with Crippen LogP contribution in [-0.2, 0) is 11.2 Å². The second kappa shape index (κ2) is 8.54. The van der Waals surface area contributed by atoms with Crippen molar-refractivity contribution in [2.45, 2.75) is 32.2 Å². The van der Waals surface area contributed by atoms with Crippen LogP contribution in [0.3, 0.4) is 0 Å². The largest absolute Gasteiger partial charge is 0.360 e. The van der Waals surface area contributed by atoms with E-state index in [0.29, 0.717) is 6.54 Å². The van der Waals surface area contributed by atoms with Crippen LogP contribution in [0.4, 0.5) is 5.69 Å². The highest BCUT2D eigenvalue weighted by atomic mass is 35.5. The van der Waals surface area contributed by atoms with Crippen LogP contribution in [0.2, 0.25) is 5.02 Å². The first-order valence-corrected chi connectivity index (χ1v) is 10.7. The van der Waals surface area contributed by atoms with Gasteiger partial charge >= 0.3 is 0 Å². The highest BCUT2D eigenvalue weighted by molar-refractivity contribution is 6.30. The lowest BCUT2D eigenvalue weighted by atomic mass is 9.88. The molecule has 4 rings (SSSR count). The molecule has 148 valence electrons. The van der Waals surface area contributed by atoms with E-state index in [1.807, 2.05) is 6.07 Å². The maximum Gasteiger partial charge on any atom is 0.275 e. The van der Waals surface area contributed by atoms with Gasteiger partial charge in [-0.1, -0.05) is 41.9 Å². The number of anilines is 1. The molecule has 1 aliphatic heterocycles. The molecule has 4 nitrogen and oxygen atoms in total. The summed E-state index contributed by atoms with van der Waals surface area (Å²) in [5.41, 5.74) is 5.16. The van der Waals surface area contributed by atoms with Gasteiger partial charge in [-0.25, -0.2) is 0 Å². The van der Waals surface area contributed by atoms with E-state index in [1.165, 1.54) is 27.3 Å². The predicted octanol–water partition coefficient (Wildman–Crippen LogP) is 2.55. The summed E-state index contributed by atoms with van der Waals surface area (Å²) >= 11 is 6.18. The number of aryl methyl sites for hydroxylation is 2. The number of hydrogen-bond donors (Lipinski definition) is 2. The van der Waals surface area contributed by atoms with Crippen LogP contribution in [0.5, 0.6) is 0 Å². The first kappa shape index (κ1) is 19.3. The second-order valence-electron chi connectivity index (χ2n) is 8.06. The third-order valence-corrected chi connectivity index (χ3v) is 6.33. The van der Waals surface area contributed by atoms with E-state index in [-0.39, 0.29) is 11.9 Å². The summed E-state index contributed by atoms with van der Waals surface area (Å²) in [6.07, 6.45) is 3.31. The number of carbonyl (C=O) groups is 1. The molecule has 2 aromatic rings. The Morgan fingerprint density at radius 1 is 1.21 bits per heavy atom. The van der Waals surface area contributed by atoms with E-state index in [0.717, 1.165) is 50.5 Å². The Hall–Kier alpha value is -2.04. The lowest BCUT2D eigenvalue weighted by Crippen LogP contribution is -3.16. The number of quaternary nitrogens is 1. The van der Waals surface area contributed by atoms with Gasteiger partial charge in [0.05, 0.1) is 32.2 Å². The minimum absolute atomic E-state index is 0.170. The number of hydrogen-bond acceptors (Lipinski definition) is 2. The quantitative estimate of drug-likeness (QED) is 0.830. The van der Waals surface area contributed by atoms with E-state index in [4.69, 9.17) is 11.6 Å². The average molecular weight is 399 g/mol. The fourth-order valence-electron chi connectivity index (χ4n) is 4.54. The predicted molar refractivity (Wildman–Crippen MR) is 114 cm³/mol.